The van der Waals surface area contributed by atoms with Gasteiger partial charge in [-0.05, 0) is 136 Å². The van der Waals surface area contributed by atoms with Crippen LogP contribution in [-0.4, -0.2) is 6.10 Å². The normalized spacial score (nSPS) is 19.3. The number of hydrogen-bond donors (Lipinski definition) is 0. The first-order valence-corrected chi connectivity index (χ1v) is 22.7. The summed E-state index contributed by atoms with van der Waals surface area (Å²) < 4.78 is 13.2. The van der Waals surface area contributed by atoms with Crippen LogP contribution in [0.3, 0.4) is 0 Å². The van der Waals surface area contributed by atoms with E-state index in [2.05, 4.69) is 184 Å². The highest BCUT2D eigenvalue weighted by atomic mass is 16.5. The van der Waals surface area contributed by atoms with Crippen molar-refractivity contribution in [3.05, 3.63) is 203 Å². The lowest BCUT2D eigenvalue weighted by molar-refractivity contribution is 0.281. The lowest BCUT2D eigenvalue weighted by Crippen LogP contribution is -2.25. The molecule has 2 nitrogen and oxygen atoms in total. The summed E-state index contributed by atoms with van der Waals surface area (Å²) in [4.78, 5) is 0. The van der Waals surface area contributed by atoms with Crippen molar-refractivity contribution in [2.24, 2.45) is 5.92 Å². The standard InChI is InChI=1S/C61H44O2/c1-61(2)52-31-36(37-23-28-49-56(33-37)63-55-29-25-38-30-51-43-15-9-10-21-54(43)62-57(51)34-50(38)60(49)55)22-26-41(52)42-27-24-39(32-53(42)61)58-45-16-5-7-18-47(45)59(48-19-8-6-17-46(48)58)44-20-11-13-35-12-3-4-14-40(35)44/h3-9,11-20,22-31,34,53,56H,10,21,32-33H2,1-2H3. The molecule has 8 aromatic carbocycles. The van der Waals surface area contributed by atoms with E-state index < -0.39 is 0 Å². The maximum Gasteiger partial charge on any atom is 0.135 e. The zero-order chi connectivity index (χ0) is 41.6. The molecule has 0 saturated carbocycles. The van der Waals surface area contributed by atoms with Crippen molar-refractivity contribution in [1.29, 1.82) is 0 Å². The van der Waals surface area contributed by atoms with Gasteiger partial charge in [0.2, 0.25) is 0 Å². The zero-order valence-corrected chi connectivity index (χ0v) is 35.5. The molecule has 0 saturated heterocycles. The third-order valence-electron chi connectivity index (χ3n) is 15.3. The van der Waals surface area contributed by atoms with Crippen LogP contribution in [0, 0.1) is 5.92 Å². The molecule has 1 aliphatic heterocycles. The Kier molecular flexibility index (Phi) is 7.28. The molecule has 2 atom stereocenters. The number of hydrogen-bond acceptors (Lipinski definition) is 2. The number of allylic oxidation sites excluding steroid dienone is 7. The lowest BCUT2D eigenvalue weighted by Gasteiger charge is -2.32. The molecule has 9 aromatic rings. The van der Waals surface area contributed by atoms with Crippen LogP contribution >= 0.6 is 0 Å². The van der Waals surface area contributed by atoms with Gasteiger partial charge >= 0.3 is 0 Å². The summed E-state index contributed by atoms with van der Waals surface area (Å²) in [7, 11) is 0. The minimum atomic E-state index is -0.0490. The number of ether oxygens (including phenoxy) is 1. The molecule has 2 heterocycles. The molecule has 0 spiro atoms. The van der Waals surface area contributed by atoms with Gasteiger partial charge in [0.15, 0.2) is 0 Å². The van der Waals surface area contributed by atoms with Crippen LogP contribution in [0.15, 0.2) is 168 Å². The fraction of sp³-hybridized carbons (Fsp3) is 0.148. The highest BCUT2D eigenvalue weighted by Gasteiger charge is 2.44. The van der Waals surface area contributed by atoms with E-state index in [1.165, 1.54) is 115 Å². The van der Waals surface area contributed by atoms with E-state index in [0.717, 1.165) is 42.8 Å². The van der Waals surface area contributed by atoms with Gasteiger partial charge < -0.3 is 9.15 Å². The summed E-state index contributed by atoms with van der Waals surface area (Å²) in [5, 5.41) is 11.5. The second kappa shape index (κ2) is 12.9. The first-order valence-electron chi connectivity index (χ1n) is 22.7. The summed E-state index contributed by atoms with van der Waals surface area (Å²) in [6.07, 6.45) is 17.9. The van der Waals surface area contributed by atoms with Gasteiger partial charge in [0, 0.05) is 34.9 Å². The molecule has 1 aromatic heterocycles. The van der Waals surface area contributed by atoms with Crippen molar-refractivity contribution < 1.29 is 9.15 Å². The second-order valence-electron chi connectivity index (χ2n) is 18.9. The number of furan rings is 1. The van der Waals surface area contributed by atoms with E-state index in [9.17, 15) is 0 Å². The Bertz CT molecular complexity index is 3630. The summed E-state index contributed by atoms with van der Waals surface area (Å²) in [6.45, 7) is 4.95. The molecule has 4 aliphatic carbocycles. The summed E-state index contributed by atoms with van der Waals surface area (Å²) in [5.74, 6) is 2.45. The fourth-order valence-corrected chi connectivity index (χ4v) is 12.3. The molecular weight excluding hydrogens is 765 g/mol. The van der Waals surface area contributed by atoms with E-state index in [-0.39, 0.29) is 11.5 Å². The maximum absolute atomic E-state index is 6.77. The monoisotopic (exact) mass is 808 g/mol. The van der Waals surface area contributed by atoms with Crippen molar-refractivity contribution in [3.63, 3.8) is 0 Å². The summed E-state index contributed by atoms with van der Waals surface area (Å²) in [6, 6.07) is 50.0. The fourth-order valence-electron chi connectivity index (χ4n) is 12.3. The van der Waals surface area contributed by atoms with Crippen molar-refractivity contribution in [1.82, 2.24) is 0 Å². The van der Waals surface area contributed by atoms with E-state index in [1.807, 2.05) is 0 Å². The number of fused-ring (bicyclic) bond motifs is 14. The maximum atomic E-state index is 6.77. The SMILES string of the molecule is CC1(C)c2cc(C3=CC=C4c5c(ccc6cc7c8c(oc7cc56)CCC=C8)OC4C3)ccc2C2=CC=C(c3c4ccccc4c(-c4cccc5ccccc45)c4ccccc34)CC21. The van der Waals surface area contributed by atoms with Crippen LogP contribution in [0.2, 0.25) is 0 Å². The van der Waals surface area contributed by atoms with Crippen LogP contribution < -0.4 is 4.74 Å². The smallest absolute Gasteiger partial charge is 0.135 e. The first kappa shape index (κ1) is 35.4. The molecule has 5 aliphatic rings. The minimum Gasteiger partial charge on any atom is -0.485 e. The third kappa shape index (κ3) is 5.01. The van der Waals surface area contributed by atoms with Gasteiger partial charge in [0.25, 0.3) is 0 Å². The largest absolute Gasteiger partial charge is 0.485 e. The van der Waals surface area contributed by atoms with Gasteiger partial charge in [-0.3, -0.25) is 0 Å². The highest BCUT2D eigenvalue weighted by molar-refractivity contribution is 6.21. The quantitative estimate of drug-likeness (QED) is 0.166. The number of aryl methyl sites for hydroxylation is 1. The minimum absolute atomic E-state index is 0.0102. The van der Waals surface area contributed by atoms with Gasteiger partial charge in [-0.25, -0.2) is 0 Å². The highest BCUT2D eigenvalue weighted by Crippen LogP contribution is 2.57. The first-order chi connectivity index (χ1) is 31.0. The molecule has 0 radical (unpaired) electrons. The molecule has 63 heavy (non-hydrogen) atoms. The molecular formula is C61H44O2. The Hall–Kier alpha value is -7.16. The van der Waals surface area contributed by atoms with Crippen LogP contribution in [0.4, 0.5) is 0 Å². The van der Waals surface area contributed by atoms with Crippen LogP contribution in [0.1, 0.15) is 72.3 Å². The van der Waals surface area contributed by atoms with Crippen molar-refractivity contribution in [2.75, 3.05) is 0 Å². The van der Waals surface area contributed by atoms with Gasteiger partial charge in [0.1, 0.15) is 23.2 Å². The van der Waals surface area contributed by atoms with Crippen molar-refractivity contribution >= 4 is 82.4 Å². The van der Waals surface area contributed by atoms with E-state index in [1.54, 1.807) is 0 Å². The average Bonchev–Trinajstić information content (AvgIpc) is 3.96. The van der Waals surface area contributed by atoms with Crippen LogP contribution in [0.25, 0.3) is 93.6 Å². The number of rotatable bonds is 3. The Balaban J connectivity index is 0.831. The average molecular weight is 809 g/mol. The summed E-state index contributed by atoms with van der Waals surface area (Å²) in [5.41, 5.74) is 17.0. The van der Waals surface area contributed by atoms with E-state index in [4.69, 9.17) is 9.15 Å². The van der Waals surface area contributed by atoms with Gasteiger partial charge in [-0.15, -0.1) is 0 Å². The van der Waals surface area contributed by atoms with Gasteiger partial charge in [-0.1, -0.05) is 166 Å². The molecule has 0 fully saturated rings. The Labute approximate surface area is 366 Å². The molecule has 0 amide bonds. The Morgan fingerprint density at radius 2 is 1.27 bits per heavy atom. The van der Waals surface area contributed by atoms with Gasteiger partial charge in [0.05, 0.1) is 0 Å². The molecule has 0 bridgehead atoms. The number of benzene rings is 8. The lowest BCUT2D eigenvalue weighted by atomic mass is 9.71. The third-order valence-corrected chi connectivity index (χ3v) is 15.3. The Morgan fingerprint density at radius 1 is 0.540 bits per heavy atom. The molecule has 300 valence electrons. The summed E-state index contributed by atoms with van der Waals surface area (Å²) >= 11 is 0. The van der Waals surface area contributed by atoms with Gasteiger partial charge in [-0.2, -0.15) is 0 Å². The van der Waals surface area contributed by atoms with Crippen LogP contribution in [-0.2, 0) is 11.8 Å². The zero-order valence-electron chi connectivity index (χ0n) is 35.5. The van der Waals surface area contributed by atoms with Crippen LogP contribution in [0.5, 0.6) is 5.75 Å². The van der Waals surface area contributed by atoms with E-state index >= 15 is 0 Å². The van der Waals surface area contributed by atoms with Crippen molar-refractivity contribution in [2.45, 2.75) is 51.0 Å². The second-order valence-corrected chi connectivity index (χ2v) is 18.9. The predicted molar refractivity (Wildman–Crippen MR) is 264 cm³/mol. The van der Waals surface area contributed by atoms with E-state index in [0.29, 0.717) is 5.92 Å². The molecule has 0 N–H and O–H groups in total. The Morgan fingerprint density at radius 3 is 2.10 bits per heavy atom. The molecule has 14 rings (SSSR count). The van der Waals surface area contributed by atoms with Crippen molar-refractivity contribution in [3.8, 4) is 16.9 Å². The topological polar surface area (TPSA) is 22.4 Å². The molecule has 2 heteroatoms. The predicted octanol–water partition coefficient (Wildman–Crippen LogP) is 16.1. The molecule has 2 unspecified atom stereocenters.